The number of fused-ring (bicyclic) bond motifs is 2. The van der Waals surface area contributed by atoms with E-state index in [9.17, 15) is 9.59 Å². The molecule has 0 bridgehead atoms. The molecule has 29 heavy (non-hydrogen) atoms. The third-order valence-electron chi connectivity index (χ3n) is 5.96. The summed E-state index contributed by atoms with van der Waals surface area (Å²) in [6.45, 7) is 2.45. The Morgan fingerprint density at radius 1 is 1.03 bits per heavy atom. The van der Waals surface area contributed by atoms with E-state index < -0.39 is 0 Å². The van der Waals surface area contributed by atoms with Crippen LogP contribution in [-0.4, -0.2) is 35.8 Å². The van der Waals surface area contributed by atoms with Crippen LogP contribution < -0.4 is 10.6 Å². The molecule has 0 aromatic heterocycles. The zero-order chi connectivity index (χ0) is 19.8. The summed E-state index contributed by atoms with van der Waals surface area (Å²) in [5, 5.41) is 8.31. The van der Waals surface area contributed by atoms with E-state index in [0.717, 1.165) is 42.3 Å². The lowest BCUT2D eigenvalue weighted by atomic mass is 10.0. The molecule has 2 aliphatic rings. The lowest BCUT2D eigenvalue weighted by Crippen LogP contribution is -2.46. The van der Waals surface area contributed by atoms with E-state index in [-0.39, 0.29) is 17.9 Å². The molecule has 2 heterocycles. The molecule has 5 rings (SSSR count). The minimum Gasteiger partial charge on any atom is -0.330 e. The third kappa shape index (κ3) is 3.17. The first kappa shape index (κ1) is 17.9. The zero-order valence-corrected chi connectivity index (χ0v) is 16.2. The Hall–Kier alpha value is -3.18. The second kappa shape index (κ2) is 7.33. The predicted octanol–water partition coefficient (Wildman–Crippen LogP) is 3.80. The van der Waals surface area contributed by atoms with Gasteiger partial charge in [0.2, 0.25) is 0 Å². The van der Waals surface area contributed by atoms with Crippen LogP contribution in [0.2, 0.25) is 0 Å². The van der Waals surface area contributed by atoms with Crippen LogP contribution in [0.1, 0.15) is 39.1 Å². The summed E-state index contributed by atoms with van der Waals surface area (Å²) in [6, 6.07) is 19.5. The van der Waals surface area contributed by atoms with Gasteiger partial charge in [-0.3, -0.25) is 9.59 Å². The molecule has 2 aliphatic heterocycles. The number of carbonyl (C=O) groups excluding carboxylic acids is 2. The van der Waals surface area contributed by atoms with Crippen LogP contribution in [0.25, 0.3) is 10.8 Å². The number of anilines is 1. The topological polar surface area (TPSA) is 61.4 Å². The highest BCUT2D eigenvalue weighted by atomic mass is 16.2. The molecule has 1 atom stereocenters. The van der Waals surface area contributed by atoms with Crippen LogP contribution in [0.5, 0.6) is 0 Å². The maximum Gasteiger partial charge on any atom is 0.256 e. The summed E-state index contributed by atoms with van der Waals surface area (Å²) in [7, 11) is 0. The van der Waals surface area contributed by atoms with Crippen molar-refractivity contribution in [2.45, 2.75) is 25.4 Å². The van der Waals surface area contributed by atoms with Crippen LogP contribution in [-0.2, 0) is 6.54 Å². The van der Waals surface area contributed by atoms with Gasteiger partial charge >= 0.3 is 0 Å². The summed E-state index contributed by atoms with van der Waals surface area (Å²) < 4.78 is 0. The van der Waals surface area contributed by atoms with Crippen molar-refractivity contribution in [3.05, 3.63) is 77.4 Å². The van der Waals surface area contributed by atoms with Gasteiger partial charge in [-0.05, 0) is 47.9 Å². The van der Waals surface area contributed by atoms with Crippen LogP contribution in [0.4, 0.5) is 5.69 Å². The molecule has 5 nitrogen and oxygen atoms in total. The van der Waals surface area contributed by atoms with E-state index in [4.69, 9.17) is 0 Å². The number of nitrogens with one attached hydrogen (secondary N) is 2. The van der Waals surface area contributed by atoms with E-state index in [1.807, 2.05) is 65.6 Å². The van der Waals surface area contributed by atoms with Crippen LogP contribution >= 0.6 is 0 Å². The molecule has 2 N–H and O–H groups in total. The van der Waals surface area contributed by atoms with Gasteiger partial charge in [0.1, 0.15) is 0 Å². The number of hydrogen-bond donors (Lipinski definition) is 2. The smallest absolute Gasteiger partial charge is 0.256 e. The summed E-state index contributed by atoms with van der Waals surface area (Å²) in [5.41, 5.74) is 2.82. The molecule has 0 radical (unpaired) electrons. The molecule has 1 unspecified atom stereocenters. The molecule has 5 heteroatoms. The summed E-state index contributed by atoms with van der Waals surface area (Å²) in [6.07, 6.45) is 2.10. The molecular formula is C24H23N3O2. The Kier molecular flexibility index (Phi) is 4.52. The van der Waals surface area contributed by atoms with Crippen molar-refractivity contribution < 1.29 is 9.59 Å². The molecule has 0 aliphatic carbocycles. The number of nitrogens with zero attached hydrogens (tertiary/aromatic N) is 1. The van der Waals surface area contributed by atoms with Crippen LogP contribution in [0.15, 0.2) is 60.7 Å². The molecule has 3 aromatic carbocycles. The third-order valence-corrected chi connectivity index (χ3v) is 5.96. The molecule has 3 aromatic rings. The molecule has 2 amide bonds. The monoisotopic (exact) mass is 385 g/mol. The Morgan fingerprint density at radius 3 is 2.72 bits per heavy atom. The van der Waals surface area contributed by atoms with Gasteiger partial charge in [-0.2, -0.15) is 0 Å². The average molecular weight is 385 g/mol. The average Bonchev–Trinajstić information content (AvgIpc) is 3.11. The number of benzene rings is 3. The second-order valence-corrected chi connectivity index (χ2v) is 7.75. The van der Waals surface area contributed by atoms with Crippen molar-refractivity contribution in [3.63, 3.8) is 0 Å². The standard InChI is InChI=1S/C24H23N3O2/c28-23(20-11-3-7-16-6-1-2-10-19(16)20)26-21-12-4-8-17-15-27(24(29)22(17)21)18-9-5-13-25-14-18/h1-4,6-8,10-12,18,25H,5,9,13-15H2,(H,26,28). The fraction of sp³-hybridized carbons (Fsp3) is 0.250. The minimum absolute atomic E-state index is 0.0162. The first-order chi connectivity index (χ1) is 14.2. The van der Waals surface area contributed by atoms with E-state index in [0.29, 0.717) is 23.4 Å². The lowest BCUT2D eigenvalue weighted by molar-refractivity contribution is 0.0675. The molecule has 1 saturated heterocycles. The fourth-order valence-corrected chi connectivity index (χ4v) is 4.49. The van der Waals surface area contributed by atoms with E-state index in [1.165, 1.54) is 0 Å². The van der Waals surface area contributed by atoms with Gasteiger partial charge in [-0.15, -0.1) is 0 Å². The largest absolute Gasteiger partial charge is 0.330 e. The van der Waals surface area contributed by atoms with Gasteiger partial charge < -0.3 is 15.5 Å². The van der Waals surface area contributed by atoms with Crippen molar-refractivity contribution in [3.8, 4) is 0 Å². The van der Waals surface area contributed by atoms with Crippen LogP contribution in [0, 0.1) is 0 Å². The number of piperidine rings is 1. The fourth-order valence-electron chi connectivity index (χ4n) is 4.49. The Balaban J connectivity index is 1.45. The number of carbonyl (C=O) groups is 2. The maximum atomic E-state index is 13.2. The highest BCUT2D eigenvalue weighted by Gasteiger charge is 2.35. The summed E-state index contributed by atoms with van der Waals surface area (Å²) in [5.74, 6) is -0.177. The predicted molar refractivity (Wildman–Crippen MR) is 114 cm³/mol. The molecule has 146 valence electrons. The Morgan fingerprint density at radius 2 is 1.86 bits per heavy atom. The van der Waals surface area contributed by atoms with Gasteiger partial charge in [0.05, 0.1) is 11.3 Å². The SMILES string of the molecule is O=C(Nc1cccc2c1C(=O)N(C1CCCNC1)C2)c1cccc2ccccc12. The highest BCUT2D eigenvalue weighted by Crippen LogP contribution is 2.32. The second-order valence-electron chi connectivity index (χ2n) is 7.75. The molecule has 1 fully saturated rings. The lowest BCUT2D eigenvalue weighted by Gasteiger charge is -2.31. The van der Waals surface area contributed by atoms with Gasteiger partial charge in [-0.1, -0.05) is 48.5 Å². The normalized spacial score (nSPS) is 18.7. The van der Waals surface area contributed by atoms with Gasteiger partial charge in [0.25, 0.3) is 11.8 Å². The molecular weight excluding hydrogens is 362 g/mol. The summed E-state index contributed by atoms with van der Waals surface area (Å²) >= 11 is 0. The Bertz CT molecular complexity index is 1100. The summed E-state index contributed by atoms with van der Waals surface area (Å²) in [4.78, 5) is 28.2. The van der Waals surface area contributed by atoms with E-state index in [1.54, 1.807) is 0 Å². The van der Waals surface area contributed by atoms with E-state index >= 15 is 0 Å². The number of rotatable bonds is 3. The number of hydrogen-bond acceptors (Lipinski definition) is 3. The molecule has 0 saturated carbocycles. The van der Waals surface area contributed by atoms with Crippen molar-refractivity contribution in [1.82, 2.24) is 10.2 Å². The highest BCUT2D eigenvalue weighted by molar-refractivity contribution is 6.15. The van der Waals surface area contributed by atoms with Gasteiger partial charge in [0.15, 0.2) is 0 Å². The van der Waals surface area contributed by atoms with Crippen molar-refractivity contribution in [2.75, 3.05) is 18.4 Å². The van der Waals surface area contributed by atoms with E-state index in [2.05, 4.69) is 10.6 Å². The quantitative estimate of drug-likeness (QED) is 0.721. The minimum atomic E-state index is -0.194. The van der Waals surface area contributed by atoms with Crippen molar-refractivity contribution in [2.24, 2.45) is 0 Å². The molecule has 0 spiro atoms. The van der Waals surface area contributed by atoms with Crippen LogP contribution in [0.3, 0.4) is 0 Å². The maximum absolute atomic E-state index is 13.2. The number of amides is 2. The zero-order valence-electron chi connectivity index (χ0n) is 16.2. The van der Waals surface area contributed by atoms with Crippen molar-refractivity contribution >= 4 is 28.3 Å². The first-order valence-electron chi connectivity index (χ1n) is 10.1. The first-order valence-corrected chi connectivity index (χ1v) is 10.1. The Labute approximate surface area is 169 Å². The van der Waals surface area contributed by atoms with Crippen molar-refractivity contribution in [1.29, 1.82) is 0 Å². The van der Waals surface area contributed by atoms with Gasteiger partial charge in [-0.25, -0.2) is 0 Å². The van der Waals surface area contributed by atoms with Gasteiger partial charge in [0, 0.05) is 24.7 Å².